The molecule has 0 heterocycles. The molecule has 0 bridgehead atoms. The molecule has 0 saturated heterocycles. The van der Waals surface area contributed by atoms with Crippen LogP contribution in [0.25, 0.3) is 0 Å². The summed E-state index contributed by atoms with van der Waals surface area (Å²) in [6.07, 6.45) is 6.02. The predicted octanol–water partition coefficient (Wildman–Crippen LogP) is 3.56. The maximum Gasteiger partial charge on any atom is 0.161 e. The Morgan fingerprint density at radius 1 is 1.20 bits per heavy atom. The standard InChI is InChI=1S/C17H27NO2/c1-4-11-18-14-7-6-8-15(14)20-16-10-9-13(5-2)12-17(16)19-3/h9-10,12,14-15,18H,4-8,11H2,1-3H3. The van der Waals surface area contributed by atoms with Gasteiger partial charge in [-0.15, -0.1) is 0 Å². The van der Waals surface area contributed by atoms with Gasteiger partial charge < -0.3 is 14.8 Å². The van der Waals surface area contributed by atoms with Crippen molar-refractivity contribution in [3.05, 3.63) is 23.8 Å². The molecule has 1 saturated carbocycles. The van der Waals surface area contributed by atoms with Crippen LogP contribution in [0.5, 0.6) is 11.5 Å². The molecule has 1 aromatic rings. The van der Waals surface area contributed by atoms with Gasteiger partial charge in [0.25, 0.3) is 0 Å². The Balaban J connectivity index is 2.04. The lowest BCUT2D eigenvalue weighted by Crippen LogP contribution is -2.39. The van der Waals surface area contributed by atoms with Crippen LogP contribution in [0.4, 0.5) is 0 Å². The number of aryl methyl sites for hydroxylation is 1. The van der Waals surface area contributed by atoms with E-state index in [1.807, 2.05) is 6.07 Å². The van der Waals surface area contributed by atoms with Gasteiger partial charge in [-0.1, -0.05) is 19.9 Å². The second-order valence-corrected chi connectivity index (χ2v) is 5.49. The minimum atomic E-state index is 0.267. The molecule has 2 atom stereocenters. The maximum absolute atomic E-state index is 6.22. The third-order valence-electron chi connectivity index (χ3n) is 4.02. The topological polar surface area (TPSA) is 30.5 Å². The molecule has 0 spiro atoms. The van der Waals surface area contributed by atoms with E-state index in [-0.39, 0.29) is 6.10 Å². The molecule has 1 aromatic carbocycles. The van der Waals surface area contributed by atoms with Gasteiger partial charge in [0.15, 0.2) is 11.5 Å². The smallest absolute Gasteiger partial charge is 0.161 e. The summed E-state index contributed by atoms with van der Waals surface area (Å²) in [5.74, 6) is 1.73. The highest BCUT2D eigenvalue weighted by molar-refractivity contribution is 5.43. The lowest BCUT2D eigenvalue weighted by atomic mass is 10.1. The molecule has 3 heteroatoms. The van der Waals surface area contributed by atoms with Crippen LogP contribution in [0, 0.1) is 0 Å². The second kappa shape index (κ2) is 7.53. The van der Waals surface area contributed by atoms with Crippen molar-refractivity contribution in [1.29, 1.82) is 0 Å². The van der Waals surface area contributed by atoms with Crippen molar-refractivity contribution in [2.45, 2.75) is 58.1 Å². The molecule has 1 fully saturated rings. The van der Waals surface area contributed by atoms with Gasteiger partial charge in [-0.2, -0.15) is 0 Å². The zero-order chi connectivity index (χ0) is 14.4. The number of hydrogen-bond acceptors (Lipinski definition) is 3. The molecule has 0 aromatic heterocycles. The second-order valence-electron chi connectivity index (χ2n) is 5.49. The summed E-state index contributed by atoms with van der Waals surface area (Å²) in [6.45, 7) is 5.41. The van der Waals surface area contributed by atoms with E-state index in [9.17, 15) is 0 Å². The van der Waals surface area contributed by atoms with Gasteiger partial charge >= 0.3 is 0 Å². The number of rotatable bonds is 7. The van der Waals surface area contributed by atoms with Gasteiger partial charge in [-0.25, -0.2) is 0 Å². The van der Waals surface area contributed by atoms with Gasteiger partial charge in [-0.05, 0) is 56.3 Å². The normalized spacial score (nSPS) is 21.9. The Hall–Kier alpha value is -1.22. The lowest BCUT2D eigenvalue weighted by molar-refractivity contribution is 0.168. The largest absolute Gasteiger partial charge is 0.493 e. The van der Waals surface area contributed by atoms with Crippen molar-refractivity contribution >= 4 is 0 Å². The van der Waals surface area contributed by atoms with Crippen LogP contribution >= 0.6 is 0 Å². The third kappa shape index (κ3) is 3.66. The molecule has 3 nitrogen and oxygen atoms in total. The Bertz CT molecular complexity index is 419. The molecule has 0 amide bonds. The first-order valence-corrected chi connectivity index (χ1v) is 7.85. The summed E-state index contributed by atoms with van der Waals surface area (Å²) in [5, 5.41) is 3.60. The number of hydrogen-bond donors (Lipinski definition) is 1. The first-order chi connectivity index (χ1) is 9.78. The molecule has 20 heavy (non-hydrogen) atoms. The van der Waals surface area contributed by atoms with E-state index in [2.05, 4.69) is 31.3 Å². The Morgan fingerprint density at radius 3 is 2.75 bits per heavy atom. The fourth-order valence-corrected chi connectivity index (χ4v) is 2.82. The zero-order valence-electron chi connectivity index (χ0n) is 12.9. The molecule has 1 aliphatic rings. The molecular weight excluding hydrogens is 250 g/mol. The summed E-state index contributed by atoms with van der Waals surface area (Å²) in [6, 6.07) is 6.73. The van der Waals surface area contributed by atoms with Gasteiger partial charge in [0.2, 0.25) is 0 Å². The number of methoxy groups -OCH3 is 1. The molecule has 112 valence electrons. The van der Waals surface area contributed by atoms with Crippen LogP contribution in [0.2, 0.25) is 0 Å². The predicted molar refractivity (Wildman–Crippen MR) is 82.7 cm³/mol. The van der Waals surface area contributed by atoms with Crippen molar-refractivity contribution in [3.8, 4) is 11.5 Å². The van der Waals surface area contributed by atoms with Crippen molar-refractivity contribution in [1.82, 2.24) is 5.32 Å². The first kappa shape index (κ1) is 15.2. The molecular formula is C17H27NO2. The van der Waals surface area contributed by atoms with E-state index in [0.717, 1.165) is 37.3 Å². The summed E-state index contributed by atoms with van der Waals surface area (Å²) in [4.78, 5) is 0. The van der Waals surface area contributed by atoms with E-state index < -0.39 is 0 Å². The van der Waals surface area contributed by atoms with Gasteiger partial charge in [0.05, 0.1) is 7.11 Å². The SMILES string of the molecule is CCCNC1CCCC1Oc1ccc(CC)cc1OC. The van der Waals surface area contributed by atoms with Crippen LogP contribution < -0.4 is 14.8 Å². The van der Waals surface area contributed by atoms with Crippen LogP contribution in [0.15, 0.2) is 18.2 Å². The average molecular weight is 277 g/mol. The molecule has 2 unspecified atom stereocenters. The summed E-state index contributed by atoms with van der Waals surface area (Å²) in [7, 11) is 1.71. The minimum Gasteiger partial charge on any atom is -0.493 e. The Kier molecular flexibility index (Phi) is 5.72. The Morgan fingerprint density at radius 2 is 2.05 bits per heavy atom. The highest BCUT2D eigenvalue weighted by atomic mass is 16.5. The monoisotopic (exact) mass is 277 g/mol. The quantitative estimate of drug-likeness (QED) is 0.826. The fourth-order valence-electron chi connectivity index (χ4n) is 2.82. The van der Waals surface area contributed by atoms with Crippen LogP contribution in [-0.2, 0) is 6.42 Å². The Labute approximate surface area is 122 Å². The van der Waals surface area contributed by atoms with Gasteiger partial charge in [-0.3, -0.25) is 0 Å². The van der Waals surface area contributed by atoms with Crippen LogP contribution in [-0.4, -0.2) is 25.8 Å². The van der Waals surface area contributed by atoms with Crippen molar-refractivity contribution < 1.29 is 9.47 Å². The van der Waals surface area contributed by atoms with E-state index in [1.165, 1.54) is 18.4 Å². The van der Waals surface area contributed by atoms with Crippen molar-refractivity contribution in [3.63, 3.8) is 0 Å². The molecule has 1 N–H and O–H groups in total. The van der Waals surface area contributed by atoms with E-state index in [0.29, 0.717) is 6.04 Å². The van der Waals surface area contributed by atoms with Crippen LogP contribution in [0.3, 0.4) is 0 Å². The zero-order valence-corrected chi connectivity index (χ0v) is 12.9. The number of benzene rings is 1. The van der Waals surface area contributed by atoms with Crippen molar-refractivity contribution in [2.24, 2.45) is 0 Å². The summed E-state index contributed by atoms with van der Waals surface area (Å²) < 4.78 is 11.7. The average Bonchev–Trinajstić information content (AvgIpc) is 2.92. The highest BCUT2D eigenvalue weighted by Gasteiger charge is 2.29. The third-order valence-corrected chi connectivity index (χ3v) is 4.02. The summed E-state index contributed by atoms with van der Waals surface area (Å²) in [5.41, 5.74) is 1.28. The van der Waals surface area contributed by atoms with Gasteiger partial charge in [0, 0.05) is 6.04 Å². The first-order valence-electron chi connectivity index (χ1n) is 7.85. The van der Waals surface area contributed by atoms with Crippen LogP contribution in [0.1, 0.15) is 45.1 Å². The molecule has 2 rings (SSSR count). The highest BCUT2D eigenvalue weighted by Crippen LogP contribution is 2.32. The summed E-state index contributed by atoms with van der Waals surface area (Å²) >= 11 is 0. The molecule has 0 radical (unpaired) electrons. The van der Waals surface area contributed by atoms with E-state index >= 15 is 0 Å². The molecule has 1 aliphatic carbocycles. The maximum atomic E-state index is 6.22. The number of nitrogens with one attached hydrogen (secondary N) is 1. The van der Waals surface area contributed by atoms with E-state index in [1.54, 1.807) is 7.11 Å². The van der Waals surface area contributed by atoms with Gasteiger partial charge in [0.1, 0.15) is 6.10 Å². The number of ether oxygens (including phenoxy) is 2. The fraction of sp³-hybridized carbons (Fsp3) is 0.647. The van der Waals surface area contributed by atoms with Crippen molar-refractivity contribution in [2.75, 3.05) is 13.7 Å². The van der Waals surface area contributed by atoms with E-state index in [4.69, 9.17) is 9.47 Å². The molecule has 0 aliphatic heterocycles. The minimum absolute atomic E-state index is 0.267. The lowest BCUT2D eigenvalue weighted by Gasteiger charge is -2.23.